The third-order valence-corrected chi connectivity index (χ3v) is 4.55. The number of nitrogens with one attached hydrogen (secondary N) is 1. The number of aliphatic hydroxyl groups is 1. The molecule has 2 N–H and O–H groups in total. The first kappa shape index (κ1) is 18.5. The van der Waals surface area contributed by atoms with Gasteiger partial charge in [0.15, 0.2) is 11.2 Å². The maximum Gasteiger partial charge on any atom is 0.332 e. The molecule has 0 saturated carbocycles. The lowest BCUT2D eigenvalue weighted by atomic mass is 10.0. The summed E-state index contributed by atoms with van der Waals surface area (Å²) in [5.74, 6) is 0.0940. The van der Waals surface area contributed by atoms with E-state index in [2.05, 4.69) is 20.3 Å². The molecule has 2 heterocycles. The highest BCUT2D eigenvalue weighted by Crippen LogP contribution is 2.21. The van der Waals surface area contributed by atoms with Crippen LogP contribution in [0.15, 0.2) is 50.3 Å². The number of imidazole rings is 1. The van der Waals surface area contributed by atoms with Crippen molar-refractivity contribution >= 4 is 17.1 Å². The average molecular weight is 371 g/mol. The van der Waals surface area contributed by atoms with Gasteiger partial charge in [0.25, 0.3) is 11.5 Å². The van der Waals surface area contributed by atoms with E-state index in [1.165, 1.54) is 23.7 Å². The van der Waals surface area contributed by atoms with Crippen molar-refractivity contribution in [3.8, 4) is 0 Å². The van der Waals surface area contributed by atoms with Crippen molar-refractivity contribution in [3.63, 3.8) is 0 Å². The summed E-state index contributed by atoms with van der Waals surface area (Å²) in [7, 11) is 4.60. The minimum atomic E-state index is -0.751. The third-order valence-electron chi connectivity index (χ3n) is 4.55. The molecule has 0 aliphatic rings. The van der Waals surface area contributed by atoms with E-state index in [4.69, 9.17) is 0 Å². The highest BCUT2D eigenvalue weighted by molar-refractivity contribution is 5.71. The zero-order chi connectivity index (χ0) is 19.7. The number of hydrogen-bond donors (Lipinski definition) is 2. The fraction of sp³-hybridized carbons (Fsp3) is 0.353. The first-order chi connectivity index (χ1) is 12.8. The molecule has 0 aliphatic heterocycles. The number of aromatic nitrogens is 4. The van der Waals surface area contributed by atoms with Crippen molar-refractivity contribution in [3.05, 3.63) is 56.7 Å². The van der Waals surface area contributed by atoms with Gasteiger partial charge in [-0.05, 0) is 12.5 Å². The second-order valence-corrected chi connectivity index (χ2v) is 6.32. The Morgan fingerprint density at radius 2 is 1.85 bits per heavy atom. The minimum absolute atomic E-state index is 0.0940. The number of hydrogen-bond acceptors (Lipinski definition) is 6. The summed E-state index contributed by atoms with van der Waals surface area (Å²) in [5, 5.41) is 20.0. The molecule has 0 saturated heterocycles. The van der Waals surface area contributed by atoms with Crippen LogP contribution in [-0.2, 0) is 14.1 Å². The monoisotopic (exact) mass is 371 g/mol. The SMILES string of the molecule is C[C@@H]([C@@H](O)c1ccccc1)N(C)N=Nc1nc2c([nH]1)c(=O)n(C)c(=O)n2C. The Morgan fingerprint density at radius 1 is 1.19 bits per heavy atom. The number of likely N-dealkylation sites (N-methyl/N-ethyl adjacent to an activating group) is 1. The average Bonchev–Trinajstić information content (AvgIpc) is 3.13. The minimum Gasteiger partial charge on any atom is -0.386 e. The highest BCUT2D eigenvalue weighted by atomic mass is 16.3. The molecule has 0 amide bonds. The molecular weight excluding hydrogens is 350 g/mol. The Kier molecular flexibility index (Phi) is 4.91. The van der Waals surface area contributed by atoms with Gasteiger partial charge in [-0.2, -0.15) is 4.98 Å². The molecule has 3 rings (SSSR count). The van der Waals surface area contributed by atoms with Crippen molar-refractivity contribution in [2.75, 3.05) is 7.05 Å². The first-order valence-electron chi connectivity index (χ1n) is 8.34. The van der Waals surface area contributed by atoms with E-state index in [0.717, 1.165) is 10.1 Å². The number of benzene rings is 1. The van der Waals surface area contributed by atoms with Crippen LogP contribution in [0.25, 0.3) is 11.2 Å². The Labute approximate surface area is 154 Å². The molecule has 3 aromatic rings. The van der Waals surface area contributed by atoms with Gasteiger partial charge in [-0.25, -0.2) is 4.79 Å². The molecule has 27 heavy (non-hydrogen) atoms. The molecule has 10 nitrogen and oxygen atoms in total. The summed E-state index contributed by atoms with van der Waals surface area (Å²) in [6, 6.07) is 8.91. The Bertz CT molecular complexity index is 1100. The number of aromatic amines is 1. The van der Waals surface area contributed by atoms with Crippen LogP contribution in [0.5, 0.6) is 0 Å². The zero-order valence-corrected chi connectivity index (χ0v) is 15.5. The van der Waals surface area contributed by atoms with Crippen molar-refractivity contribution in [2.45, 2.75) is 19.1 Å². The number of aliphatic hydroxyl groups excluding tert-OH is 1. The normalized spacial score (nSPS) is 14.0. The van der Waals surface area contributed by atoms with Gasteiger partial charge < -0.3 is 10.1 Å². The van der Waals surface area contributed by atoms with Crippen LogP contribution in [0.1, 0.15) is 18.6 Å². The van der Waals surface area contributed by atoms with Crippen LogP contribution >= 0.6 is 0 Å². The molecule has 0 aliphatic carbocycles. The predicted molar refractivity (Wildman–Crippen MR) is 99.7 cm³/mol. The van der Waals surface area contributed by atoms with E-state index in [1.54, 1.807) is 7.05 Å². The summed E-state index contributed by atoms with van der Waals surface area (Å²) < 4.78 is 2.25. The molecule has 0 spiro atoms. The van der Waals surface area contributed by atoms with E-state index < -0.39 is 17.4 Å². The van der Waals surface area contributed by atoms with Crippen molar-refractivity contribution in [2.24, 2.45) is 24.4 Å². The number of H-pyrrole nitrogens is 1. The maximum atomic E-state index is 12.2. The lowest BCUT2D eigenvalue weighted by Gasteiger charge is -2.25. The van der Waals surface area contributed by atoms with Gasteiger partial charge in [-0.1, -0.05) is 40.7 Å². The van der Waals surface area contributed by atoms with Gasteiger partial charge >= 0.3 is 5.69 Å². The smallest absolute Gasteiger partial charge is 0.332 e. The number of fused-ring (bicyclic) bond motifs is 1. The van der Waals surface area contributed by atoms with E-state index in [1.807, 2.05) is 37.3 Å². The molecule has 142 valence electrons. The van der Waals surface area contributed by atoms with E-state index in [0.29, 0.717) is 0 Å². The number of aryl methyl sites for hydroxylation is 1. The largest absolute Gasteiger partial charge is 0.386 e. The van der Waals surface area contributed by atoms with Gasteiger partial charge in [-0.15, -0.1) is 0 Å². The number of rotatable bonds is 5. The second kappa shape index (κ2) is 7.16. The second-order valence-electron chi connectivity index (χ2n) is 6.32. The number of nitrogens with zero attached hydrogens (tertiary/aromatic N) is 6. The predicted octanol–water partition coefficient (Wildman–Crippen LogP) is 1.01. The quantitative estimate of drug-likeness (QED) is 0.512. The Balaban J connectivity index is 1.85. The van der Waals surface area contributed by atoms with Gasteiger partial charge in [0.1, 0.15) is 6.10 Å². The van der Waals surface area contributed by atoms with Gasteiger partial charge in [0, 0.05) is 21.1 Å². The van der Waals surface area contributed by atoms with Crippen LogP contribution < -0.4 is 11.2 Å². The molecule has 0 fully saturated rings. The van der Waals surface area contributed by atoms with Crippen LogP contribution in [0.3, 0.4) is 0 Å². The van der Waals surface area contributed by atoms with Gasteiger partial charge in [0.2, 0.25) is 0 Å². The molecule has 10 heteroatoms. The molecule has 0 radical (unpaired) electrons. The summed E-state index contributed by atoms with van der Waals surface area (Å²) >= 11 is 0. The van der Waals surface area contributed by atoms with Crippen LogP contribution in [0, 0.1) is 0 Å². The Morgan fingerprint density at radius 3 is 2.52 bits per heavy atom. The van der Waals surface area contributed by atoms with Gasteiger partial charge in [0.05, 0.1) is 6.04 Å². The molecule has 2 atom stereocenters. The fourth-order valence-corrected chi connectivity index (χ4v) is 2.69. The maximum absolute atomic E-state index is 12.2. The topological polar surface area (TPSA) is 121 Å². The van der Waals surface area contributed by atoms with Crippen LogP contribution in [-0.4, -0.2) is 42.3 Å². The third kappa shape index (κ3) is 3.38. The molecule has 2 aromatic heterocycles. The molecule has 0 bridgehead atoms. The van der Waals surface area contributed by atoms with E-state index >= 15 is 0 Å². The van der Waals surface area contributed by atoms with Crippen molar-refractivity contribution in [1.29, 1.82) is 0 Å². The van der Waals surface area contributed by atoms with E-state index in [-0.39, 0.29) is 23.2 Å². The highest BCUT2D eigenvalue weighted by Gasteiger charge is 2.20. The summed E-state index contributed by atoms with van der Waals surface area (Å²) in [6.07, 6.45) is -0.751. The van der Waals surface area contributed by atoms with Crippen molar-refractivity contribution in [1.82, 2.24) is 24.1 Å². The van der Waals surface area contributed by atoms with Gasteiger partial charge in [-0.3, -0.25) is 18.9 Å². The summed E-state index contributed by atoms with van der Waals surface area (Å²) in [6.45, 7) is 1.81. The van der Waals surface area contributed by atoms with Crippen LogP contribution in [0.4, 0.5) is 5.95 Å². The molecule has 0 unspecified atom stereocenters. The summed E-state index contributed by atoms with van der Waals surface area (Å²) in [4.78, 5) is 31.1. The molecular formula is C17H21N7O3. The fourth-order valence-electron chi connectivity index (χ4n) is 2.69. The van der Waals surface area contributed by atoms with Crippen LogP contribution in [0.2, 0.25) is 0 Å². The zero-order valence-electron chi connectivity index (χ0n) is 15.5. The first-order valence-corrected chi connectivity index (χ1v) is 8.34. The lowest BCUT2D eigenvalue weighted by Crippen LogP contribution is -2.36. The lowest BCUT2D eigenvalue weighted by molar-refractivity contribution is 0.0700. The summed E-state index contributed by atoms with van der Waals surface area (Å²) in [5.41, 5.74) is 0.197. The van der Waals surface area contributed by atoms with E-state index in [9.17, 15) is 14.7 Å². The molecule has 1 aromatic carbocycles. The standard InChI is InChI=1S/C17H21N7O3/c1-10(13(25)11-8-6-5-7-9-11)24(4)21-20-16-18-12-14(19-16)22(2)17(27)23(3)15(12)26/h5-10,13,25H,1-4H3,(H,18,19)/t10-,13+/m0/s1. The Hall–Kier alpha value is -3.27. The van der Waals surface area contributed by atoms with Crippen molar-refractivity contribution < 1.29 is 5.11 Å².